The highest BCUT2D eigenvalue weighted by Crippen LogP contribution is 2.45. The van der Waals surface area contributed by atoms with Crippen molar-refractivity contribution >= 4 is 0 Å². The minimum absolute atomic E-state index is 0.145. The van der Waals surface area contributed by atoms with Crippen LogP contribution in [0.15, 0.2) is 91.0 Å². The van der Waals surface area contributed by atoms with E-state index in [1.807, 2.05) is 53.2 Å². The lowest BCUT2D eigenvalue weighted by atomic mass is 9.94. The van der Waals surface area contributed by atoms with E-state index in [1.165, 1.54) is 5.56 Å². The van der Waals surface area contributed by atoms with Gasteiger partial charge in [-0.05, 0) is 70.6 Å². The molecule has 2 heterocycles. The van der Waals surface area contributed by atoms with Gasteiger partial charge >= 0.3 is 0 Å². The molecule has 6 rings (SSSR count). The summed E-state index contributed by atoms with van der Waals surface area (Å²) in [4.78, 5) is 0. The molecule has 4 aromatic carbocycles. The number of nitrogens with one attached hydrogen (secondary N) is 1. The first kappa shape index (κ1) is 29.4. The molecular weight excluding hydrogens is 550 g/mol. The second kappa shape index (κ2) is 13.7. The largest absolute Gasteiger partial charge is 0.496 e. The first-order chi connectivity index (χ1) is 21.6. The number of hydrogen-bond acceptors (Lipinski definition) is 7. The van der Waals surface area contributed by atoms with Crippen molar-refractivity contribution in [3.8, 4) is 39.8 Å². The van der Waals surface area contributed by atoms with Gasteiger partial charge in [-0.15, -0.1) is 5.10 Å². The summed E-state index contributed by atoms with van der Waals surface area (Å²) in [6.45, 7) is 7.00. The second-order valence-corrected chi connectivity index (χ2v) is 11.5. The topological polar surface area (TPSA) is 83.3 Å². The number of tetrazole rings is 1. The number of hydrogen-bond donors (Lipinski definition) is 1. The zero-order chi connectivity index (χ0) is 30.3. The molecule has 0 amide bonds. The monoisotopic (exact) mass is 589 g/mol. The molecule has 1 aliphatic rings. The molecule has 8 heteroatoms. The molecule has 226 valence electrons. The van der Waals surface area contributed by atoms with Gasteiger partial charge in [0.1, 0.15) is 30.5 Å². The first-order valence-electron chi connectivity index (χ1n) is 15.3. The fourth-order valence-corrected chi connectivity index (χ4v) is 5.61. The van der Waals surface area contributed by atoms with Gasteiger partial charge in [0, 0.05) is 23.7 Å². The molecule has 0 spiro atoms. The van der Waals surface area contributed by atoms with E-state index in [-0.39, 0.29) is 6.04 Å². The molecule has 8 nitrogen and oxygen atoms in total. The highest BCUT2D eigenvalue weighted by Gasteiger charge is 2.26. The fraction of sp³-hybridized carbons (Fsp3) is 0.306. The highest BCUT2D eigenvalue weighted by atomic mass is 16.5. The van der Waals surface area contributed by atoms with E-state index in [4.69, 9.17) is 14.2 Å². The van der Waals surface area contributed by atoms with Crippen LogP contribution in [0.3, 0.4) is 0 Å². The molecule has 0 aliphatic carbocycles. The van der Waals surface area contributed by atoms with Crippen LogP contribution in [0, 0.1) is 0 Å². The summed E-state index contributed by atoms with van der Waals surface area (Å²) < 4.78 is 21.0. The van der Waals surface area contributed by atoms with Crippen molar-refractivity contribution < 1.29 is 14.2 Å². The third kappa shape index (κ3) is 6.60. The Kier molecular flexibility index (Phi) is 9.17. The highest BCUT2D eigenvalue weighted by molar-refractivity contribution is 5.83. The number of nitrogens with zero attached hydrogens (tertiary/aromatic N) is 4. The van der Waals surface area contributed by atoms with Crippen LogP contribution in [0.5, 0.6) is 17.2 Å². The number of aromatic nitrogens is 4. The summed E-state index contributed by atoms with van der Waals surface area (Å²) >= 11 is 0. The van der Waals surface area contributed by atoms with Gasteiger partial charge in [-0.2, -0.15) is 0 Å². The lowest BCUT2D eigenvalue weighted by Gasteiger charge is -2.24. The van der Waals surface area contributed by atoms with E-state index < -0.39 is 0 Å². The van der Waals surface area contributed by atoms with E-state index in [2.05, 4.69) is 77.2 Å². The number of rotatable bonds is 11. The van der Waals surface area contributed by atoms with Crippen LogP contribution in [-0.4, -0.2) is 40.4 Å². The first-order valence-corrected chi connectivity index (χ1v) is 15.3. The van der Waals surface area contributed by atoms with Crippen LogP contribution in [0.25, 0.3) is 22.5 Å². The Morgan fingerprint density at radius 2 is 1.45 bits per heavy atom. The van der Waals surface area contributed by atoms with Crippen molar-refractivity contribution in [3.05, 3.63) is 108 Å². The molecule has 0 radical (unpaired) electrons. The van der Waals surface area contributed by atoms with Crippen molar-refractivity contribution in [2.75, 3.05) is 20.2 Å². The fourth-order valence-electron chi connectivity index (χ4n) is 5.61. The maximum absolute atomic E-state index is 6.59. The number of benzene rings is 4. The van der Waals surface area contributed by atoms with E-state index in [0.29, 0.717) is 36.5 Å². The minimum atomic E-state index is 0.145. The predicted molar refractivity (Wildman–Crippen MR) is 172 cm³/mol. The van der Waals surface area contributed by atoms with Crippen LogP contribution >= 0.6 is 0 Å². The zero-order valence-corrected chi connectivity index (χ0v) is 25.6. The molecule has 0 saturated carbocycles. The van der Waals surface area contributed by atoms with Gasteiger partial charge < -0.3 is 19.5 Å². The Morgan fingerprint density at radius 1 is 0.795 bits per heavy atom. The van der Waals surface area contributed by atoms with Crippen LogP contribution < -0.4 is 19.5 Å². The molecule has 1 unspecified atom stereocenters. The van der Waals surface area contributed by atoms with E-state index in [0.717, 1.165) is 59.5 Å². The summed E-state index contributed by atoms with van der Waals surface area (Å²) in [5.41, 5.74) is 5.98. The molecule has 5 aromatic rings. The predicted octanol–water partition coefficient (Wildman–Crippen LogP) is 7.22. The summed E-state index contributed by atoms with van der Waals surface area (Å²) in [6, 6.07) is 30.9. The Hall–Kier alpha value is -4.69. The van der Waals surface area contributed by atoms with E-state index in [9.17, 15) is 0 Å². The maximum Gasteiger partial charge on any atom is 0.186 e. The van der Waals surface area contributed by atoms with Crippen molar-refractivity contribution in [1.82, 2.24) is 25.5 Å². The van der Waals surface area contributed by atoms with Crippen molar-refractivity contribution in [2.45, 2.75) is 51.9 Å². The van der Waals surface area contributed by atoms with Gasteiger partial charge in [0.2, 0.25) is 0 Å². The molecule has 1 atom stereocenters. The van der Waals surface area contributed by atoms with Gasteiger partial charge in [0.05, 0.1) is 18.7 Å². The van der Waals surface area contributed by atoms with Crippen LogP contribution in [0.4, 0.5) is 0 Å². The number of methoxy groups -OCH3 is 1. The third-order valence-corrected chi connectivity index (χ3v) is 8.09. The Balaban J connectivity index is 1.52. The average Bonchev–Trinajstić information content (AvgIpc) is 3.57. The van der Waals surface area contributed by atoms with Crippen molar-refractivity contribution in [1.29, 1.82) is 0 Å². The van der Waals surface area contributed by atoms with Crippen molar-refractivity contribution in [3.63, 3.8) is 0 Å². The molecule has 44 heavy (non-hydrogen) atoms. The van der Waals surface area contributed by atoms with E-state index in [1.54, 1.807) is 7.11 Å². The molecule has 1 aromatic heterocycles. The summed E-state index contributed by atoms with van der Waals surface area (Å²) in [7, 11) is 1.70. The summed E-state index contributed by atoms with van der Waals surface area (Å²) in [5.74, 6) is 3.11. The molecule has 0 bridgehead atoms. The molecular formula is C36H39N5O3. The Morgan fingerprint density at radius 3 is 2.07 bits per heavy atom. The standard InChI is InChI=1S/C36H39N5O3/c1-25(2)28-16-17-33(42-3)30(19-28)31-20-32(36-38-39-40-41(36)29-15-10-18-37-22-29)35(44-24-27-13-8-5-9-14-27)21-34(31)43-23-26-11-6-4-7-12-26/h4-9,11-14,16-17,19-21,25,29,37H,10,15,18,22-24H2,1-3H3. The van der Waals surface area contributed by atoms with Crippen LogP contribution in [-0.2, 0) is 13.2 Å². The minimum Gasteiger partial charge on any atom is -0.496 e. The molecule has 1 fully saturated rings. The number of piperidine rings is 1. The van der Waals surface area contributed by atoms with Gasteiger partial charge in [0.15, 0.2) is 5.82 Å². The van der Waals surface area contributed by atoms with Crippen LogP contribution in [0.2, 0.25) is 0 Å². The zero-order valence-electron chi connectivity index (χ0n) is 25.6. The molecule has 1 aliphatic heterocycles. The lowest BCUT2D eigenvalue weighted by Crippen LogP contribution is -2.32. The average molecular weight is 590 g/mol. The summed E-state index contributed by atoms with van der Waals surface area (Å²) in [5, 5.41) is 16.6. The normalized spacial score (nSPS) is 14.9. The van der Waals surface area contributed by atoms with Gasteiger partial charge in [0.25, 0.3) is 0 Å². The van der Waals surface area contributed by atoms with E-state index >= 15 is 0 Å². The summed E-state index contributed by atoms with van der Waals surface area (Å²) in [6.07, 6.45) is 2.07. The third-order valence-electron chi connectivity index (χ3n) is 8.09. The SMILES string of the molecule is COc1ccc(C(C)C)cc1-c1cc(-c2nnnn2C2CCCNC2)c(OCc2ccccc2)cc1OCc1ccccc1. The van der Waals surface area contributed by atoms with Gasteiger partial charge in [-0.25, -0.2) is 4.68 Å². The van der Waals surface area contributed by atoms with Crippen molar-refractivity contribution in [2.24, 2.45) is 0 Å². The van der Waals surface area contributed by atoms with Gasteiger partial charge in [-0.3, -0.25) is 0 Å². The smallest absolute Gasteiger partial charge is 0.186 e. The Bertz CT molecular complexity index is 1660. The molecule has 1 saturated heterocycles. The van der Waals surface area contributed by atoms with Crippen LogP contribution in [0.1, 0.15) is 55.3 Å². The maximum atomic E-state index is 6.59. The van der Waals surface area contributed by atoms with Gasteiger partial charge in [-0.1, -0.05) is 80.6 Å². The second-order valence-electron chi connectivity index (χ2n) is 11.5. The lowest BCUT2D eigenvalue weighted by molar-refractivity contribution is 0.291. The Labute approximate surface area is 259 Å². The number of ether oxygens (including phenoxy) is 3. The molecule has 1 N–H and O–H groups in total. The quantitative estimate of drug-likeness (QED) is 0.174.